The number of nitrogens with two attached hydrogens (primary N) is 1. The minimum atomic E-state index is -0.214. The van der Waals surface area contributed by atoms with Crippen molar-refractivity contribution in [3.05, 3.63) is 0 Å². The Morgan fingerprint density at radius 2 is 2.20 bits per heavy atom. The predicted octanol–water partition coefficient (Wildman–Crippen LogP) is 1.80. The minimum absolute atomic E-state index is 0.214. The van der Waals surface area contributed by atoms with Crippen LogP contribution in [0.15, 0.2) is 0 Å². The molecule has 0 aromatic carbocycles. The van der Waals surface area contributed by atoms with Crippen LogP contribution in [0.4, 0.5) is 0 Å². The van der Waals surface area contributed by atoms with Crippen LogP contribution < -0.4 is 5.73 Å². The van der Waals surface area contributed by atoms with Crippen molar-refractivity contribution in [1.29, 1.82) is 0 Å². The summed E-state index contributed by atoms with van der Waals surface area (Å²) in [5.41, 5.74) is 4.95. The molecule has 1 unspecified atom stereocenters. The zero-order chi connectivity index (χ0) is 7.98. The van der Waals surface area contributed by atoms with Crippen LogP contribution in [0.1, 0.15) is 19.3 Å². The van der Waals surface area contributed by atoms with Gasteiger partial charge in [0.15, 0.2) is 0 Å². The van der Waals surface area contributed by atoms with Gasteiger partial charge < -0.3 is 5.73 Å². The zero-order valence-electron chi connectivity index (χ0n) is 5.65. The van der Waals surface area contributed by atoms with Gasteiger partial charge in [0, 0.05) is 16.6 Å². The molecule has 0 aliphatic rings. The Morgan fingerprint density at radius 1 is 1.60 bits per heavy atom. The summed E-state index contributed by atoms with van der Waals surface area (Å²) in [5.74, 6) is -0.214. The van der Waals surface area contributed by atoms with Gasteiger partial charge in [-0.2, -0.15) is 0 Å². The highest BCUT2D eigenvalue weighted by atomic mass is 79.9. The van der Waals surface area contributed by atoms with Crippen LogP contribution in [0.25, 0.3) is 0 Å². The summed E-state index contributed by atoms with van der Waals surface area (Å²) in [5, 5.41) is 0.922. The van der Waals surface area contributed by atoms with Gasteiger partial charge in [-0.25, -0.2) is 0 Å². The topological polar surface area (TPSA) is 43.1 Å². The number of carbonyl (C=O) groups excluding carboxylic acids is 1. The number of rotatable bonds is 5. The highest BCUT2D eigenvalue weighted by Crippen LogP contribution is 2.11. The first kappa shape index (κ1) is 10.4. The summed E-state index contributed by atoms with van der Waals surface area (Å²) in [6.07, 6.45) is 2.36. The van der Waals surface area contributed by atoms with E-state index in [1.54, 1.807) is 0 Å². The first-order valence-corrected chi connectivity index (χ1v) is 5.19. The Bertz CT molecular complexity index is 108. The van der Waals surface area contributed by atoms with E-state index in [1.807, 2.05) is 0 Å². The molecule has 4 heteroatoms. The third-order valence-corrected chi connectivity index (χ3v) is 3.54. The fourth-order valence-electron chi connectivity index (χ4n) is 0.575. The van der Waals surface area contributed by atoms with E-state index in [0.29, 0.717) is 11.2 Å². The lowest BCUT2D eigenvalue weighted by molar-refractivity contribution is -0.118. The number of hydrogen-bond donors (Lipinski definition) is 1. The van der Waals surface area contributed by atoms with Gasteiger partial charge in [0.2, 0.25) is 5.91 Å². The summed E-state index contributed by atoms with van der Waals surface area (Å²) in [7, 11) is 0. The van der Waals surface area contributed by atoms with Crippen LogP contribution >= 0.6 is 31.9 Å². The second kappa shape index (κ2) is 6.16. The Kier molecular flexibility index (Phi) is 6.43. The van der Waals surface area contributed by atoms with Crippen molar-refractivity contribution in [3.63, 3.8) is 0 Å². The molecule has 0 fully saturated rings. The fourth-order valence-corrected chi connectivity index (χ4v) is 1.22. The number of hydrogen-bond acceptors (Lipinski definition) is 1. The summed E-state index contributed by atoms with van der Waals surface area (Å²) in [4.78, 5) is 10.7. The maximum Gasteiger partial charge on any atom is 0.217 e. The third-order valence-electron chi connectivity index (χ3n) is 1.11. The zero-order valence-corrected chi connectivity index (χ0v) is 8.82. The van der Waals surface area contributed by atoms with Gasteiger partial charge >= 0.3 is 0 Å². The van der Waals surface area contributed by atoms with Crippen LogP contribution in [0.2, 0.25) is 0 Å². The second-order valence-electron chi connectivity index (χ2n) is 2.11. The van der Waals surface area contributed by atoms with Gasteiger partial charge in [-0.1, -0.05) is 31.9 Å². The highest BCUT2D eigenvalue weighted by Gasteiger charge is 2.01. The molecular weight excluding hydrogens is 262 g/mol. The van der Waals surface area contributed by atoms with E-state index in [4.69, 9.17) is 5.73 Å². The first-order chi connectivity index (χ1) is 4.66. The van der Waals surface area contributed by atoms with E-state index in [1.165, 1.54) is 0 Å². The first-order valence-electron chi connectivity index (χ1n) is 3.15. The largest absolute Gasteiger partial charge is 0.370 e. The average Bonchev–Trinajstić information content (AvgIpc) is 1.87. The lowest BCUT2D eigenvalue weighted by Gasteiger charge is -2.02. The van der Waals surface area contributed by atoms with Crippen molar-refractivity contribution in [2.45, 2.75) is 24.1 Å². The minimum Gasteiger partial charge on any atom is -0.370 e. The van der Waals surface area contributed by atoms with Gasteiger partial charge in [-0.05, 0) is 12.8 Å². The van der Waals surface area contributed by atoms with Crippen molar-refractivity contribution >= 4 is 37.8 Å². The molecule has 0 aromatic rings. The van der Waals surface area contributed by atoms with E-state index >= 15 is 0 Å². The molecule has 2 nitrogen and oxygen atoms in total. The normalized spacial score (nSPS) is 13.0. The summed E-state index contributed by atoms with van der Waals surface area (Å²) in [6, 6.07) is 0. The predicted molar refractivity (Wildman–Crippen MR) is 49.6 cm³/mol. The molecule has 1 amide bonds. The van der Waals surface area contributed by atoms with E-state index in [0.717, 1.165) is 18.2 Å². The fraction of sp³-hybridized carbons (Fsp3) is 0.833. The molecule has 0 rings (SSSR count). The highest BCUT2D eigenvalue weighted by molar-refractivity contribution is 9.12. The van der Waals surface area contributed by atoms with Crippen LogP contribution in [-0.4, -0.2) is 16.1 Å². The van der Waals surface area contributed by atoms with E-state index < -0.39 is 0 Å². The number of alkyl halides is 2. The van der Waals surface area contributed by atoms with Crippen molar-refractivity contribution < 1.29 is 4.79 Å². The Morgan fingerprint density at radius 3 is 2.60 bits per heavy atom. The number of halogens is 2. The standard InChI is InChI=1S/C6H11Br2NO/c7-4-5(8)2-1-3-6(9)10/h5H,1-4H2,(H2,9,10). The maximum absolute atomic E-state index is 10.3. The van der Waals surface area contributed by atoms with Crippen LogP contribution in [0.3, 0.4) is 0 Å². The molecule has 0 aliphatic carbocycles. The van der Waals surface area contributed by atoms with E-state index in [9.17, 15) is 4.79 Å². The number of carbonyl (C=O) groups is 1. The lowest BCUT2D eigenvalue weighted by atomic mass is 10.2. The number of amides is 1. The molecule has 0 aliphatic heterocycles. The van der Waals surface area contributed by atoms with Gasteiger partial charge in [-0.3, -0.25) is 4.79 Å². The van der Waals surface area contributed by atoms with Gasteiger partial charge in [0.05, 0.1) is 0 Å². The molecular formula is C6H11Br2NO. The van der Waals surface area contributed by atoms with Gasteiger partial charge in [0.1, 0.15) is 0 Å². The van der Waals surface area contributed by atoms with Crippen molar-refractivity contribution in [2.75, 3.05) is 5.33 Å². The Hall–Kier alpha value is 0.430. The van der Waals surface area contributed by atoms with Gasteiger partial charge in [0.25, 0.3) is 0 Å². The van der Waals surface area contributed by atoms with Gasteiger partial charge in [-0.15, -0.1) is 0 Å². The molecule has 0 radical (unpaired) electrons. The monoisotopic (exact) mass is 271 g/mol. The van der Waals surface area contributed by atoms with Crippen LogP contribution in [0, 0.1) is 0 Å². The Balaban J connectivity index is 3.11. The maximum atomic E-state index is 10.3. The molecule has 0 heterocycles. The molecule has 2 N–H and O–H groups in total. The van der Waals surface area contributed by atoms with Crippen LogP contribution in [0.5, 0.6) is 0 Å². The summed E-state index contributed by atoms with van der Waals surface area (Å²) >= 11 is 6.75. The summed E-state index contributed by atoms with van der Waals surface area (Å²) in [6.45, 7) is 0. The summed E-state index contributed by atoms with van der Waals surface area (Å²) < 4.78 is 0. The number of primary amides is 1. The Labute approximate surface area is 77.8 Å². The molecule has 0 spiro atoms. The van der Waals surface area contributed by atoms with Crippen molar-refractivity contribution in [3.8, 4) is 0 Å². The SMILES string of the molecule is NC(=O)CCCC(Br)CBr. The molecule has 0 bridgehead atoms. The van der Waals surface area contributed by atoms with Crippen LogP contribution in [-0.2, 0) is 4.79 Å². The average molecular weight is 273 g/mol. The molecule has 0 saturated carbocycles. The quantitative estimate of drug-likeness (QED) is 0.762. The van der Waals surface area contributed by atoms with E-state index in [2.05, 4.69) is 31.9 Å². The van der Waals surface area contributed by atoms with Crippen molar-refractivity contribution in [2.24, 2.45) is 5.73 Å². The molecule has 10 heavy (non-hydrogen) atoms. The smallest absolute Gasteiger partial charge is 0.217 e. The van der Waals surface area contributed by atoms with Crippen molar-refractivity contribution in [1.82, 2.24) is 0 Å². The van der Waals surface area contributed by atoms with E-state index in [-0.39, 0.29) is 5.91 Å². The molecule has 0 aromatic heterocycles. The third kappa shape index (κ3) is 6.55. The second-order valence-corrected chi connectivity index (χ2v) is 4.05. The molecule has 1 atom stereocenters. The molecule has 60 valence electrons. The lowest BCUT2D eigenvalue weighted by Crippen LogP contribution is -2.11. The molecule has 0 saturated heterocycles.